The summed E-state index contributed by atoms with van der Waals surface area (Å²) in [6, 6.07) is 0.426. The van der Waals surface area contributed by atoms with Gasteiger partial charge in [-0.1, -0.05) is 6.92 Å². The van der Waals surface area contributed by atoms with E-state index in [4.69, 9.17) is 0 Å². The highest BCUT2D eigenvalue weighted by Crippen LogP contribution is 2.20. The minimum absolute atomic E-state index is 0.223. The lowest BCUT2D eigenvalue weighted by Gasteiger charge is -2.38. The minimum atomic E-state index is 0.223. The van der Waals surface area contributed by atoms with Crippen LogP contribution in [0.4, 0.5) is 0 Å². The van der Waals surface area contributed by atoms with E-state index in [0.29, 0.717) is 11.8 Å². The number of hydrogen-bond acceptors (Lipinski definition) is 4. The Bertz CT molecular complexity index is 266. The van der Waals surface area contributed by atoms with Gasteiger partial charge in [0.15, 0.2) is 0 Å². The molecule has 3 nitrogen and oxygen atoms in total. The fourth-order valence-corrected chi connectivity index (χ4v) is 3.66. The zero-order valence-corrected chi connectivity index (χ0v) is 11.8. The zero-order chi connectivity index (χ0) is 12.3. The molecule has 98 valence electrons. The Morgan fingerprint density at radius 2 is 1.88 bits per heavy atom. The van der Waals surface area contributed by atoms with Crippen molar-refractivity contribution in [3.8, 4) is 0 Å². The molecule has 0 aromatic heterocycles. The fraction of sp³-hybridized carbons (Fsp3) is 0.923. The van der Waals surface area contributed by atoms with E-state index in [9.17, 15) is 4.79 Å². The minimum Gasteiger partial charge on any atom is -0.300 e. The van der Waals surface area contributed by atoms with E-state index in [1.54, 1.807) is 0 Å². The van der Waals surface area contributed by atoms with Gasteiger partial charge < -0.3 is 4.90 Å². The predicted molar refractivity (Wildman–Crippen MR) is 73.6 cm³/mol. The van der Waals surface area contributed by atoms with Crippen LogP contribution in [0.3, 0.4) is 0 Å². The number of likely N-dealkylation sites (tertiary alicyclic amines) is 1. The Morgan fingerprint density at radius 3 is 2.59 bits per heavy atom. The number of piperidine rings is 1. The summed E-state index contributed by atoms with van der Waals surface area (Å²) in [7, 11) is 0. The summed E-state index contributed by atoms with van der Waals surface area (Å²) >= 11 is 2.06. The molecule has 0 radical (unpaired) electrons. The highest BCUT2D eigenvalue weighted by atomic mass is 32.2. The molecule has 0 amide bonds. The second kappa shape index (κ2) is 6.21. The van der Waals surface area contributed by atoms with E-state index < -0.39 is 0 Å². The predicted octanol–water partition coefficient (Wildman–Crippen LogP) is 1.33. The Hall–Kier alpha value is -0.0600. The van der Waals surface area contributed by atoms with Crippen LogP contribution < -0.4 is 0 Å². The maximum absolute atomic E-state index is 11.6. The highest BCUT2D eigenvalue weighted by molar-refractivity contribution is 7.99. The van der Waals surface area contributed by atoms with E-state index in [1.807, 2.05) is 0 Å². The van der Waals surface area contributed by atoms with Crippen LogP contribution in [0.1, 0.15) is 20.3 Å². The molecule has 2 aliphatic heterocycles. The van der Waals surface area contributed by atoms with Crippen LogP contribution in [0.25, 0.3) is 0 Å². The molecule has 17 heavy (non-hydrogen) atoms. The van der Waals surface area contributed by atoms with Crippen LogP contribution in [0.5, 0.6) is 0 Å². The van der Waals surface area contributed by atoms with Gasteiger partial charge in [0, 0.05) is 62.6 Å². The number of Topliss-reactive ketones (excluding diaryl/α,β-unsaturated/α-hetero) is 1. The van der Waals surface area contributed by atoms with Crippen LogP contribution in [-0.4, -0.2) is 65.9 Å². The molecule has 4 heteroatoms. The summed E-state index contributed by atoms with van der Waals surface area (Å²) in [5, 5.41) is 0. The van der Waals surface area contributed by atoms with E-state index in [2.05, 4.69) is 35.4 Å². The van der Waals surface area contributed by atoms with Gasteiger partial charge in [0.1, 0.15) is 5.78 Å². The number of carbonyl (C=O) groups excluding carboxylic acids is 1. The van der Waals surface area contributed by atoms with Gasteiger partial charge in [-0.25, -0.2) is 0 Å². The van der Waals surface area contributed by atoms with Crippen molar-refractivity contribution in [1.82, 2.24) is 9.80 Å². The first-order valence-corrected chi connectivity index (χ1v) is 7.91. The lowest BCUT2D eigenvalue weighted by Crippen LogP contribution is -2.49. The Labute approximate surface area is 109 Å². The van der Waals surface area contributed by atoms with Crippen LogP contribution in [0.2, 0.25) is 0 Å². The molecule has 2 saturated heterocycles. The Balaban J connectivity index is 1.76. The summed E-state index contributed by atoms with van der Waals surface area (Å²) in [5.41, 5.74) is 0. The molecule has 2 rings (SSSR count). The summed E-state index contributed by atoms with van der Waals surface area (Å²) in [5.74, 6) is 3.23. The monoisotopic (exact) mass is 256 g/mol. The van der Waals surface area contributed by atoms with Crippen molar-refractivity contribution in [2.75, 3.05) is 44.2 Å². The van der Waals surface area contributed by atoms with Crippen molar-refractivity contribution in [3.05, 3.63) is 0 Å². The van der Waals surface area contributed by atoms with Gasteiger partial charge in [-0.2, -0.15) is 11.8 Å². The van der Waals surface area contributed by atoms with Crippen LogP contribution in [0, 0.1) is 5.92 Å². The molecule has 2 heterocycles. The second-order valence-corrected chi connectivity index (χ2v) is 6.46. The van der Waals surface area contributed by atoms with Gasteiger partial charge in [0.2, 0.25) is 0 Å². The van der Waals surface area contributed by atoms with E-state index in [-0.39, 0.29) is 5.92 Å². The molecule has 0 saturated carbocycles. The first kappa shape index (κ1) is 13.4. The molecule has 0 aromatic rings. The fourth-order valence-electron chi connectivity index (χ4n) is 2.68. The topological polar surface area (TPSA) is 23.6 Å². The van der Waals surface area contributed by atoms with Gasteiger partial charge >= 0.3 is 0 Å². The third kappa shape index (κ3) is 3.46. The van der Waals surface area contributed by atoms with Crippen molar-refractivity contribution in [3.63, 3.8) is 0 Å². The standard InChI is InChI=1S/C13H24N2OS/c1-11-12(2)15(4-3-13(11)16)6-5-14-7-9-17-10-8-14/h11-12H,3-10H2,1-2H3. The molecule has 2 aliphatic rings. The lowest BCUT2D eigenvalue weighted by atomic mass is 9.91. The van der Waals surface area contributed by atoms with E-state index >= 15 is 0 Å². The third-order valence-corrected chi connectivity index (χ3v) is 5.20. The summed E-state index contributed by atoms with van der Waals surface area (Å²) < 4.78 is 0. The molecule has 2 fully saturated rings. The van der Waals surface area contributed by atoms with Gasteiger partial charge in [0.25, 0.3) is 0 Å². The first-order valence-electron chi connectivity index (χ1n) is 6.75. The number of thioether (sulfide) groups is 1. The molecule has 0 aliphatic carbocycles. The molecule has 2 unspecified atom stereocenters. The van der Waals surface area contributed by atoms with Crippen LogP contribution in [-0.2, 0) is 4.79 Å². The normalized spacial score (nSPS) is 32.9. The quantitative estimate of drug-likeness (QED) is 0.760. The van der Waals surface area contributed by atoms with Crippen molar-refractivity contribution in [2.24, 2.45) is 5.92 Å². The molecular formula is C13H24N2OS. The molecule has 0 bridgehead atoms. The largest absolute Gasteiger partial charge is 0.300 e. The maximum Gasteiger partial charge on any atom is 0.138 e. The van der Waals surface area contributed by atoms with E-state index in [0.717, 1.165) is 19.5 Å². The smallest absolute Gasteiger partial charge is 0.138 e. The Morgan fingerprint density at radius 1 is 1.18 bits per heavy atom. The lowest BCUT2D eigenvalue weighted by molar-refractivity contribution is -0.127. The van der Waals surface area contributed by atoms with Crippen LogP contribution >= 0.6 is 11.8 Å². The van der Waals surface area contributed by atoms with Gasteiger partial charge in [-0.15, -0.1) is 0 Å². The number of rotatable bonds is 3. The third-order valence-electron chi connectivity index (χ3n) is 4.26. The van der Waals surface area contributed by atoms with Gasteiger partial charge in [0.05, 0.1) is 0 Å². The zero-order valence-electron chi connectivity index (χ0n) is 11.0. The molecule has 0 aromatic carbocycles. The average molecular weight is 256 g/mol. The van der Waals surface area contributed by atoms with E-state index in [1.165, 1.54) is 31.1 Å². The average Bonchev–Trinajstić information content (AvgIpc) is 2.36. The number of carbonyl (C=O) groups is 1. The first-order chi connectivity index (χ1) is 8.18. The summed E-state index contributed by atoms with van der Waals surface area (Å²) in [4.78, 5) is 16.7. The van der Waals surface area contributed by atoms with Gasteiger partial charge in [-0.3, -0.25) is 9.69 Å². The van der Waals surface area contributed by atoms with Crippen molar-refractivity contribution < 1.29 is 4.79 Å². The number of ketones is 1. The maximum atomic E-state index is 11.6. The molecule has 2 atom stereocenters. The molecule has 0 N–H and O–H groups in total. The van der Waals surface area contributed by atoms with Crippen molar-refractivity contribution in [1.29, 1.82) is 0 Å². The highest BCUT2D eigenvalue weighted by Gasteiger charge is 2.30. The number of hydrogen-bond donors (Lipinski definition) is 0. The van der Waals surface area contributed by atoms with Crippen molar-refractivity contribution in [2.45, 2.75) is 26.3 Å². The molecule has 0 spiro atoms. The number of nitrogens with zero attached hydrogens (tertiary/aromatic N) is 2. The SMILES string of the molecule is CC1C(=O)CCN(CCN2CCSCC2)C1C. The summed E-state index contributed by atoms with van der Waals surface area (Å²) in [6.45, 7) is 10.0. The van der Waals surface area contributed by atoms with Crippen LogP contribution in [0.15, 0.2) is 0 Å². The molecular weight excluding hydrogens is 232 g/mol. The Kier molecular flexibility index (Phi) is 4.88. The van der Waals surface area contributed by atoms with Gasteiger partial charge in [-0.05, 0) is 6.92 Å². The second-order valence-electron chi connectivity index (χ2n) is 5.24. The summed E-state index contributed by atoms with van der Waals surface area (Å²) in [6.07, 6.45) is 0.751. The van der Waals surface area contributed by atoms with Crippen molar-refractivity contribution >= 4 is 17.5 Å².